The summed E-state index contributed by atoms with van der Waals surface area (Å²) in [5.74, 6) is 3.39. The molecule has 64 heavy (non-hydrogen) atoms. The van der Waals surface area contributed by atoms with E-state index in [1.807, 2.05) is 18.5 Å². The van der Waals surface area contributed by atoms with E-state index in [9.17, 15) is 0 Å². The predicted molar refractivity (Wildman–Crippen MR) is 254 cm³/mol. The van der Waals surface area contributed by atoms with Crippen LogP contribution in [0, 0.1) is 5.41 Å². The van der Waals surface area contributed by atoms with Crippen molar-refractivity contribution >= 4 is 67.4 Å². The van der Waals surface area contributed by atoms with Crippen LogP contribution in [0.5, 0.6) is 0 Å². The number of H-pyrrole nitrogens is 2. The van der Waals surface area contributed by atoms with E-state index in [2.05, 4.69) is 107 Å². The van der Waals surface area contributed by atoms with Crippen molar-refractivity contribution in [3.63, 3.8) is 0 Å². The van der Waals surface area contributed by atoms with Crippen LogP contribution < -0.4 is 25.8 Å². The lowest BCUT2D eigenvalue weighted by Crippen LogP contribution is -2.48. The van der Waals surface area contributed by atoms with E-state index < -0.39 is 0 Å². The molecule has 0 bridgehead atoms. The third kappa shape index (κ3) is 7.83. The minimum absolute atomic E-state index is 0.0416. The van der Waals surface area contributed by atoms with Gasteiger partial charge in [-0.15, -0.1) is 0 Å². The van der Waals surface area contributed by atoms with E-state index in [0.29, 0.717) is 35.6 Å². The highest BCUT2D eigenvalue weighted by atomic mass is 16.5. The Labute approximate surface area is 372 Å². The average Bonchev–Trinajstić information content (AvgIpc) is 4.00. The van der Waals surface area contributed by atoms with Crippen molar-refractivity contribution in [2.75, 3.05) is 59.7 Å². The summed E-state index contributed by atoms with van der Waals surface area (Å²) in [4.78, 5) is 40.9. The lowest BCUT2D eigenvalue weighted by molar-refractivity contribution is -0.143. The zero-order chi connectivity index (χ0) is 42.5. The zero-order valence-electron chi connectivity index (χ0n) is 36.2. The number of nitrogens with one attached hydrogen (secondary N) is 5. The van der Waals surface area contributed by atoms with Crippen molar-refractivity contribution < 1.29 is 4.74 Å². The highest BCUT2D eigenvalue weighted by Crippen LogP contribution is 2.44. The number of aromatic amines is 2. The van der Waals surface area contributed by atoms with Crippen molar-refractivity contribution in [1.29, 1.82) is 0 Å². The first kappa shape index (κ1) is 39.2. The molecule has 1 atom stereocenters. The summed E-state index contributed by atoms with van der Waals surface area (Å²) >= 11 is 0. The fraction of sp³-hybridized carbons (Fsp3) is 0.400. The predicted octanol–water partition coefficient (Wildman–Crippen LogP) is 8.80. The van der Waals surface area contributed by atoms with Crippen molar-refractivity contribution in [2.24, 2.45) is 5.41 Å². The maximum atomic E-state index is 7.08. The highest BCUT2D eigenvalue weighted by Gasteiger charge is 2.41. The fourth-order valence-corrected chi connectivity index (χ4v) is 10.8. The van der Waals surface area contributed by atoms with Gasteiger partial charge in [0.25, 0.3) is 0 Å². The van der Waals surface area contributed by atoms with Crippen LogP contribution >= 0.6 is 0 Å². The van der Waals surface area contributed by atoms with E-state index in [1.165, 1.54) is 47.6 Å². The largest absolute Gasteiger partial charge is 0.365 e. The van der Waals surface area contributed by atoms with Gasteiger partial charge in [0, 0.05) is 62.2 Å². The quantitative estimate of drug-likeness (QED) is 0.0941. The number of fused-ring (bicyclic) bond motifs is 4. The van der Waals surface area contributed by atoms with Crippen molar-refractivity contribution in [3.05, 3.63) is 108 Å². The monoisotopic (exact) mass is 853 g/mol. The SMILES string of the molecule is c1cc2ccc(CNc3cnc4ccc(N5CCC6(CCCC(c7cc8ccc(CNc9cnc%10ccc(N%11CCC%12(CCNCC%12)CC%11)nc%10n9)cc8[nH]7)O6)CC5)nc4n3)cc2[nH]1. The minimum atomic E-state index is -0.136. The number of ether oxygens (including phenoxy) is 1. The van der Waals surface area contributed by atoms with Crippen LogP contribution in [-0.4, -0.2) is 84.7 Å². The van der Waals surface area contributed by atoms with Crippen LogP contribution in [0.1, 0.15) is 80.7 Å². The van der Waals surface area contributed by atoms with E-state index in [4.69, 9.17) is 29.7 Å². The molecule has 4 aliphatic rings. The van der Waals surface area contributed by atoms with E-state index in [-0.39, 0.29) is 11.7 Å². The molecule has 14 nitrogen and oxygen atoms in total. The smallest absolute Gasteiger partial charge is 0.182 e. The van der Waals surface area contributed by atoms with E-state index in [0.717, 1.165) is 117 Å². The lowest BCUT2D eigenvalue weighted by atomic mass is 9.71. The molecule has 0 aliphatic carbocycles. The second-order valence-electron chi connectivity index (χ2n) is 18.7. The molecule has 4 aliphatic heterocycles. The van der Waals surface area contributed by atoms with Gasteiger partial charge in [0.05, 0.1) is 24.1 Å². The number of rotatable bonds is 9. The Morgan fingerprint density at radius 1 is 0.625 bits per heavy atom. The molecule has 2 aromatic carbocycles. The van der Waals surface area contributed by atoms with Gasteiger partial charge in [-0.2, -0.15) is 0 Å². The summed E-state index contributed by atoms with van der Waals surface area (Å²) in [7, 11) is 0. The molecule has 1 unspecified atom stereocenters. The minimum Gasteiger partial charge on any atom is -0.365 e. The number of hydrogen-bond acceptors (Lipinski definition) is 12. The standard InChI is InChI=1S/C50H55N13O/c1-2-42(64-50(12-1)17-24-63(25-18-50)46-10-8-38-48(61-46)58-43(31-53-38)55-29-33-3-5-35-11-19-52-39(35)26-33)41-28-36-6-4-34(27-40(36)57-41)30-56-44-32-54-37-7-9-45(60-47(37)59-44)62-22-15-49(16-23-62)13-20-51-21-14-49/h3-11,19,26-28,31-32,42,51-52,57H,1-2,12-18,20-25,29-30H2,(H,55,58,61)(H,56,59,60). The molecule has 0 saturated carbocycles. The molecule has 5 N–H and O–H groups in total. The van der Waals surface area contributed by atoms with Crippen LogP contribution in [0.15, 0.2) is 91.4 Å². The molecule has 2 spiro atoms. The van der Waals surface area contributed by atoms with Gasteiger partial charge in [0.1, 0.15) is 34.3 Å². The van der Waals surface area contributed by atoms with Gasteiger partial charge in [0.15, 0.2) is 11.3 Å². The second-order valence-corrected chi connectivity index (χ2v) is 18.7. The maximum absolute atomic E-state index is 7.08. The van der Waals surface area contributed by atoms with Gasteiger partial charge in [-0.25, -0.2) is 29.9 Å². The molecule has 0 radical (unpaired) electrons. The Balaban J connectivity index is 0.665. The lowest BCUT2D eigenvalue weighted by Gasteiger charge is -2.46. The van der Waals surface area contributed by atoms with Gasteiger partial charge in [-0.1, -0.05) is 24.3 Å². The molecule has 6 aromatic heterocycles. The van der Waals surface area contributed by atoms with Crippen molar-refractivity contribution in [3.8, 4) is 0 Å². The summed E-state index contributed by atoms with van der Waals surface area (Å²) < 4.78 is 7.08. The van der Waals surface area contributed by atoms with Crippen LogP contribution in [0.4, 0.5) is 23.3 Å². The maximum Gasteiger partial charge on any atom is 0.182 e. The molecular formula is C50H55N13O. The summed E-state index contributed by atoms with van der Waals surface area (Å²) in [5.41, 5.74) is 9.07. The third-order valence-corrected chi connectivity index (χ3v) is 14.7. The van der Waals surface area contributed by atoms with E-state index in [1.54, 1.807) is 6.20 Å². The number of pyridine rings is 2. The van der Waals surface area contributed by atoms with Crippen molar-refractivity contribution in [2.45, 2.75) is 82.6 Å². The summed E-state index contributed by atoms with van der Waals surface area (Å²) in [6, 6.07) is 25.7. The molecule has 12 rings (SSSR count). The van der Waals surface area contributed by atoms with Gasteiger partial charge in [-0.05, 0) is 147 Å². The van der Waals surface area contributed by atoms with Crippen LogP contribution in [0.25, 0.3) is 44.1 Å². The first-order valence-electron chi connectivity index (χ1n) is 23.3. The molecular weight excluding hydrogens is 799 g/mol. The molecule has 14 heteroatoms. The summed E-state index contributed by atoms with van der Waals surface area (Å²) in [6.07, 6.45) is 15.8. The number of anilines is 4. The third-order valence-electron chi connectivity index (χ3n) is 14.7. The van der Waals surface area contributed by atoms with Crippen LogP contribution in [0.2, 0.25) is 0 Å². The second kappa shape index (κ2) is 16.3. The molecule has 4 fully saturated rings. The van der Waals surface area contributed by atoms with E-state index >= 15 is 0 Å². The fourth-order valence-electron chi connectivity index (χ4n) is 10.8. The van der Waals surface area contributed by atoms with Gasteiger partial charge >= 0.3 is 0 Å². The van der Waals surface area contributed by atoms with Gasteiger partial charge in [-0.3, -0.25) is 0 Å². The molecule has 8 aromatic rings. The molecule has 326 valence electrons. The topological polar surface area (TPSA) is 161 Å². The first-order valence-corrected chi connectivity index (χ1v) is 23.3. The Morgan fingerprint density at radius 2 is 1.25 bits per heavy atom. The number of nitrogens with zero attached hydrogens (tertiary/aromatic N) is 8. The summed E-state index contributed by atoms with van der Waals surface area (Å²) in [6.45, 7) is 7.46. The Morgan fingerprint density at radius 3 is 1.92 bits per heavy atom. The molecule has 0 amide bonds. The molecule has 10 heterocycles. The highest BCUT2D eigenvalue weighted by molar-refractivity contribution is 5.82. The first-order chi connectivity index (χ1) is 31.5. The van der Waals surface area contributed by atoms with Crippen LogP contribution in [-0.2, 0) is 17.8 Å². The number of hydrogen-bond donors (Lipinski definition) is 5. The Kier molecular flexibility index (Phi) is 10.00. The van der Waals surface area contributed by atoms with Gasteiger partial charge < -0.3 is 40.5 Å². The summed E-state index contributed by atoms with van der Waals surface area (Å²) in [5, 5.41) is 12.9. The Hall–Kier alpha value is -6.38. The van der Waals surface area contributed by atoms with Crippen molar-refractivity contribution in [1.82, 2.24) is 45.2 Å². The zero-order valence-corrected chi connectivity index (χ0v) is 36.2. The number of piperidine rings is 3. The number of benzene rings is 2. The van der Waals surface area contributed by atoms with Gasteiger partial charge in [0.2, 0.25) is 0 Å². The normalized spacial score (nSPS) is 19.9. The molecule has 4 saturated heterocycles. The average molecular weight is 854 g/mol. The Bertz CT molecular complexity index is 2960. The number of aromatic nitrogens is 8. The van der Waals surface area contributed by atoms with Crippen LogP contribution in [0.3, 0.4) is 0 Å².